The Hall–Kier alpha value is -0.600. The van der Waals surface area contributed by atoms with Crippen LogP contribution in [0.15, 0.2) is 12.1 Å². The molecule has 0 aliphatic heterocycles. The van der Waals surface area contributed by atoms with Gasteiger partial charge in [0, 0.05) is 11.7 Å². The van der Waals surface area contributed by atoms with Gasteiger partial charge >= 0.3 is 0 Å². The maximum atomic E-state index is 6.21. The molecule has 2 rings (SSSR count). The predicted molar refractivity (Wildman–Crippen MR) is 80.5 cm³/mol. The van der Waals surface area contributed by atoms with E-state index >= 15 is 0 Å². The minimum atomic E-state index is 0.437. The lowest BCUT2D eigenvalue weighted by Crippen LogP contribution is -2.35. The van der Waals surface area contributed by atoms with Crippen molar-refractivity contribution in [2.24, 2.45) is 11.8 Å². The summed E-state index contributed by atoms with van der Waals surface area (Å²) in [5.74, 6) is 1.37. The summed E-state index contributed by atoms with van der Waals surface area (Å²) in [7, 11) is 0. The first-order chi connectivity index (χ1) is 8.49. The lowest BCUT2D eigenvalue weighted by molar-refractivity contribution is 0.253. The van der Waals surface area contributed by atoms with Gasteiger partial charge in [0.15, 0.2) is 0 Å². The van der Waals surface area contributed by atoms with Gasteiger partial charge in [-0.2, -0.15) is 0 Å². The third-order valence-electron chi connectivity index (χ3n) is 4.10. The molecule has 0 saturated heterocycles. The van der Waals surface area contributed by atoms with Crippen LogP contribution in [0.25, 0.3) is 0 Å². The molecule has 100 valence electrons. The van der Waals surface area contributed by atoms with Crippen LogP contribution in [0.4, 0.5) is 11.4 Å². The lowest BCUT2D eigenvalue weighted by atomic mass is 9.78. The van der Waals surface area contributed by atoms with Crippen molar-refractivity contribution in [3.05, 3.63) is 22.2 Å². The molecule has 0 aromatic heterocycles. The molecule has 3 atom stereocenters. The van der Waals surface area contributed by atoms with Gasteiger partial charge in [0.25, 0.3) is 0 Å². The molecule has 0 bridgehead atoms. The van der Waals surface area contributed by atoms with Crippen LogP contribution < -0.4 is 11.1 Å². The first-order valence-electron chi connectivity index (χ1n) is 6.50. The number of nitrogens with one attached hydrogen (secondary N) is 1. The number of hydrogen-bond donors (Lipinski definition) is 2. The Morgan fingerprint density at radius 3 is 2.39 bits per heavy atom. The predicted octanol–water partition coefficient (Wildman–Crippen LogP) is 4.81. The Kier molecular flexibility index (Phi) is 4.29. The molecule has 0 amide bonds. The fourth-order valence-corrected chi connectivity index (χ4v) is 3.31. The second kappa shape index (κ2) is 5.58. The average Bonchev–Trinajstić information content (AvgIpc) is 2.28. The van der Waals surface area contributed by atoms with Gasteiger partial charge < -0.3 is 11.1 Å². The van der Waals surface area contributed by atoms with Crippen molar-refractivity contribution in [2.75, 3.05) is 11.1 Å². The Labute approximate surface area is 119 Å². The van der Waals surface area contributed by atoms with Gasteiger partial charge in [0.05, 0.1) is 15.7 Å². The molecule has 3 unspecified atom stereocenters. The van der Waals surface area contributed by atoms with Crippen molar-refractivity contribution in [3.63, 3.8) is 0 Å². The van der Waals surface area contributed by atoms with Crippen molar-refractivity contribution in [1.82, 2.24) is 0 Å². The monoisotopic (exact) mass is 286 g/mol. The third-order valence-corrected chi connectivity index (χ3v) is 4.70. The van der Waals surface area contributed by atoms with Gasteiger partial charge in [-0.15, -0.1) is 0 Å². The number of nitrogens with two attached hydrogens (primary N) is 1. The van der Waals surface area contributed by atoms with E-state index in [9.17, 15) is 0 Å². The molecule has 4 heteroatoms. The van der Waals surface area contributed by atoms with Crippen molar-refractivity contribution >= 4 is 34.6 Å². The molecule has 1 fully saturated rings. The summed E-state index contributed by atoms with van der Waals surface area (Å²) in [5, 5.41) is 4.71. The van der Waals surface area contributed by atoms with Crippen LogP contribution in [0.1, 0.15) is 33.1 Å². The van der Waals surface area contributed by atoms with Gasteiger partial charge in [-0.25, -0.2) is 0 Å². The number of halogens is 2. The number of hydrogen-bond acceptors (Lipinski definition) is 2. The van der Waals surface area contributed by atoms with E-state index in [-0.39, 0.29) is 0 Å². The van der Waals surface area contributed by atoms with Crippen LogP contribution in [0.3, 0.4) is 0 Å². The van der Waals surface area contributed by atoms with Gasteiger partial charge in [0.2, 0.25) is 0 Å². The number of rotatable bonds is 2. The lowest BCUT2D eigenvalue weighted by Gasteiger charge is -2.35. The zero-order chi connectivity index (χ0) is 13.3. The number of benzene rings is 1. The van der Waals surface area contributed by atoms with Crippen molar-refractivity contribution in [3.8, 4) is 0 Å². The fraction of sp³-hybridized carbons (Fsp3) is 0.571. The topological polar surface area (TPSA) is 38.0 Å². The molecular weight excluding hydrogens is 267 g/mol. The molecular formula is C14H20Cl2N2. The van der Waals surface area contributed by atoms with Gasteiger partial charge in [-0.05, 0) is 30.4 Å². The molecule has 1 aliphatic rings. The molecule has 18 heavy (non-hydrogen) atoms. The zero-order valence-electron chi connectivity index (χ0n) is 10.8. The number of anilines is 2. The molecule has 0 radical (unpaired) electrons. The average molecular weight is 287 g/mol. The Bertz CT molecular complexity index is 411. The van der Waals surface area contributed by atoms with Crippen LogP contribution in [0.2, 0.25) is 10.0 Å². The molecule has 1 aromatic rings. The van der Waals surface area contributed by atoms with E-state index in [0.29, 0.717) is 27.7 Å². The highest BCUT2D eigenvalue weighted by molar-refractivity contribution is 6.39. The maximum Gasteiger partial charge on any atom is 0.0722 e. The van der Waals surface area contributed by atoms with Crippen LogP contribution in [0.5, 0.6) is 0 Å². The summed E-state index contributed by atoms with van der Waals surface area (Å²) >= 11 is 12.4. The fourth-order valence-electron chi connectivity index (χ4n) is 2.70. The molecule has 2 nitrogen and oxygen atoms in total. The molecule has 1 aliphatic carbocycles. The molecule has 0 heterocycles. The summed E-state index contributed by atoms with van der Waals surface area (Å²) < 4.78 is 0. The normalized spacial score (nSPS) is 28.1. The summed E-state index contributed by atoms with van der Waals surface area (Å²) in [6.45, 7) is 4.60. The van der Waals surface area contributed by atoms with Crippen LogP contribution in [-0.2, 0) is 0 Å². The number of nitrogen functional groups attached to an aromatic ring is 1. The third kappa shape index (κ3) is 2.86. The summed E-state index contributed by atoms with van der Waals surface area (Å²) in [4.78, 5) is 0. The van der Waals surface area contributed by atoms with E-state index in [1.54, 1.807) is 12.1 Å². The Morgan fingerprint density at radius 1 is 1.17 bits per heavy atom. The second-order valence-corrected chi connectivity index (χ2v) is 6.19. The van der Waals surface area contributed by atoms with Gasteiger partial charge in [0.1, 0.15) is 0 Å². The first kappa shape index (κ1) is 13.8. The molecule has 3 N–H and O–H groups in total. The van der Waals surface area contributed by atoms with Crippen molar-refractivity contribution < 1.29 is 0 Å². The summed E-state index contributed by atoms with van der Waals surface area (Å²) in [6.07, 6.45) is 3.73. The molecule has 1 saturated carbocycles. The van der Waals surface area contributed by atoms with E-state index in [1.807, 2.05) is 0 Å². The van der Waals surface area contributed by atoms with Gasteiger partial charge in [-0.3, -0.25) is 0 Å². The van der Waals surface area contributed by atoms with Gasteiger partial charge in [-0.1, -0.05) is 49.9 Å². The minimum absolute atomic E-state index is 0.437. The minimum Gasteiger partial charge on any atom is -0.399 e. The van der Waals surface area contributed by atoms with E-state index in [4.69, 9.17) is 28.9 Å². The highest BCUT2D eigenvalue weighted by Gasteiger charge is 2.27. The molecule has 0 spiro atoms. The smallest absolute Gasteiger partial charge is 0.0722 e. The SMILES string of the molecule is CC1CCCC(Nc2c(Cl)cc(N)cc2Cl)C1C. The van der Waals surface area contributed by atoms with Crippen molar-refractivity contribution in [1.29, 1.82) is 0 Å². The summed E-state index contributed by atoms with van der Waals surface area (Å²) in [5.41, 5.74) is 7.13. The molecule has 1 aromatic carbocycles. The second-order valence-electron chi connectivity index (χ2n) is 5.38. The Morgan fingerprint density at radius 2 is 1.78 bits per heavy atom. The van der Waals surface area contributed by atoms with Crippen molar-refractivity contribution in [2.45, 2.75) is 39.2 Å². The van der Waals surface area contributed by atoms with E-state index in [1.165, 1.54) is 19.3 Å². The van der Waals surface area contributed by atoms with E-state index in [0.717, 1.165) is 11.6 Å². The standard InChI is InChI=1S/C14H20Cl2N2/c1-8-4-3-5-13(9(8)2)18-14-11(15)6-10(17)7-12(14)16/h6-9,13,18H,3-5,17H2,1-2H3. The highest BCUT2D eigenvalue weighted by Crippen LogP contribution is 2.37. The first-order valence-corrected chi connectivity index (χ1v) is 7.25. The van der Waals surface area contributed by atoms with E-state index in [2.05, 4.69) is 19.2 Å². The van der Waals surface area contributed by atoms with Crippen LogP contribution in [-0.4, -0.2) is 6.04 Å². The Balaban J connectivity index is 2.18. The van der Waals surface area contributed by atoms with E-state index < -0.39 is 0 Å². The quantitative estimate of drug-likeness (QED) is 0.766. The van der Waals surface area contributed by atoms with Crippen LogP contribution in [0, 0.1) is 11.8 Å². The highest BCUT2D eigenvalue weighted by atomic mass is 35.5. The van der Waals surface area contributed by atoms with Crippen LogP contribution >= 0.6 is 23.2 Å². The summed E-state index contributed by atoms with van der Waals surface area (Å²) in [6, 6.07) is 3.92. The zero-order valence-corrected chi connectivity index (χ0v) is 12.4. The maximum absolute atomic E-state index is 6.21. The largest absolute Gasteiger partial charge is 0.399 e.